The van der Waals surface area contributed by atoms with Crippen LogP contribution in [0.25, 0.3) is 11.0 Å². The molecule has 4 heteroatoms. The first-order valence-corrected chi connectivity index (χ1v) is 5.25. The Morgan fingerprint density at radius 2 is 2.33 bits per heavy atom. The van der Waals surface area contributed by atoms with Crippen molar-refractivity contribution in [3.05, 3.63) is 24.3 Å². The van der Waals surface area contributed by atoms with Crippen LogP contribution in [-0.2, 0) is 0 Å². The molecule has 1 aliphatic heterocycles. The van der Waals surface area contributed by atoms with Crippen LogP contribution >= 0.6 is 0 Å². The average molecular weight is 203 g/mol. The third kappa shape index (κ3) is 1.57. The minimum Gasteiger partial charge on any atom is -0.363 e. The minimum absolute atomic E-state index is 0.471. The number of anilines is 1. The summed E-state index contributed by atoms with van der Waals surface area (Å²) in [5, 5.41) is 11.8. The van der Waals surface area contributed by atoms with E-state index in [9.17, 15) is 0 Å². The van der Waals surface area contributed by atoms with Gasteiger partial charge in [-0.15, -0.1) is 0 Å². The van der Waals surface area contributed by atoms with Gasteiger partial charge in [-0.05, 0) is 25.1 Å². The standard InChI is InChI=1S/C11H13N3O/c1-2-4-10-9(3-1)11(14-15-10)13-8-5-6-12-7-8/h1-4,8,12H,5-7H2,(H,13,14). The molecule has 1 saturated heterocycles. The van der Waals surface area contributed by atoms with E-state index in [2.05, 4.69) is 15.8 Å². The molecule has 1 aromatic heterocycles. The van der Waals surface area contributed by atoms with E-state index in [-0.39, 0.29) is 0 Å². The topological polar surface area (TPSA) is 50.1 Å². The van der Waals surface area contributed by atoms with Crippen molar-refractivity contribution in [3.8, 4) is 0 Å². The first-order chi connectivity index (χ1) is 7.43. The van der Waals surface area contributed by atoms with Gasteiger partial charge in [0.15, 0.2) is 11.4 Å². The fourth-order valence-electron chi connectivity index (χ4n) is 1.96. The zero-order valence-electron chi connectivity index (χ0n) is 8.36. The van der Waals surface area contributed by atoms with Crippen LogP contribution < -0.4 is 10.6 Å². The van der Waals surface area contributed by atoms with Crippen molar-refractivity contribution in [1.29, 1.82) is 0 Å². The van der Waals surface area contributed by atoms with Gasteiger partial charge in [0.2, 0.25) is 0 Å². The van der Waals surface area contributed by atoms with E-state index in [1.165, 1.54) is 0 Å². The zero-order chi connectivity index (χ0) is 10.1. The van der Waals surface area contributed by atoms with Crippen LogP contribution in [0.5, 0.6) is 0 Å². The largest absolute Gasteiger partial charge is 0.363 e. The van der Waals surface area contributed by atoms with Crippen molar-refractivity contribution < 1.29 is 4.52 Å². The Hall–Kier alpha value is -1.55. The number of hydrogen-bond acceptors (Lipinski definition) is 4. The molecule has 1 fully saturated rings. The normalized spacial score (nSPS) is 20.9. The van der Waals surface area contributed by atoms with Gasteiger partial charge in [0.1, 0.15) is 0 Å². The Kier molecular flexibility index (Phi) is 2.07. The highest BCUT2D eigenvalue weighted by atomic mass is 16.5. The molecule has 78 valence electrons. The molecule has 1 aliphatic rings. The molecule has 1 unspecified atom stereocenters. The number of benzene rings is 1. The first-order valence-electron chi connectivity index (χ1n) is 5.25. The smallest absolute Gasteiger partial charge is 0.177 e. The molecular formula is C11H13N3O. The number of rotatable bonds is 2. The van der Waals surface area contributed by atoms with E-state index in [1.807, 2.05) is 24.3 Å². The van der Waals surface area contributed by atoms with Crippen molar-refractivity contribution >= 4 is 16.8 Å². The van der Waals surface area contributed by atoms with Gasteiger partial charge >= 0.3 is 0 Å². The van der Waals surface area contributed by atoms with E-state index in [4.69, 9.17) is 4.52 Å². The maximum atomic E-state index is 5.23. The Morgan fingerprint density at radius 3 is 3.20 bits per heavy atom. The van der Waals surface area contributed by atoms with Gasteiger partial charge in [-0.2, -0.15) is 0 Å². The molecule has 0 saturated carbocycles. The van der Waals surface area contributed by atoms with Crippen LogP contribution in [0.4, 0.5) is 5.82 Å². The second-order valence-electron chi connectivity index (χ2n) is 3.86. The monoisotopic (exact) mass is 203 g/mol. The summed E-state index contributed by atoms with van der Waals surface area (Å²) in [7, 11) is 0. The van der Waals surface area contributed by atoms with Crippen molar-refractivity contribution in [2.45, 2.75) is 12.5 Å². The zero-order valence-corrected chi connectivity index (χ0v) is 8.36. The average Bonchev–Trinajstić information content (AvgIpc) is 2.89. The van der Waals surface area contributed by atoms with Gasteiger partial charge in [0.25, 0.3) is 0 Å². The molecule has 1 atom stereocenters. The van der Waals surface area contributed by atoms with E-state index in [0.717, 1.165) is 36.3 Å². The molecule has 1 aromatic carbocycles. The Bertz CT molecular complexity index is 460. The molecule has 2 N–H and O–H groups in total. The van der Waals surface area contributed by atoms with Crippen LogP contribution in [0.15, 0.2) is 28.8 Å². The summed E-state index contributed by atoms with van der Waals surface area (Å²) in [6.07, 6.45) is 1.14. The lowest BCUT2D eigenvalue weighted by atomic mass is 10.2. The summed E-state index contributed by atoms with van der Waals surface area (Å²) in [5.74, 6) is 0.860. The molecule has 0 radical (unpaired) electrons. The van der Waals surface area contributed by atoms with E-state index in [0.29, 0.717) is 6.04 Å². The summed E-state index contributed by atoms with van der Waals surface area (Å²) >= 11 is 0. The number of fused-ring (bicyclic) bond motifs is 1. The third-order valence-electron chi connectivity index (χ3n) is 2.78. The van der Waals surface area contributed by atoms with Crippen molar-refractivity contribution in [1.82, 2.24) is 10.5 Å². The number of nitrogens with one attached hydrogen (secondary N) is 2. The summed E-state index contributed by atoms with van der Waals surface area (Å²) < 4.78 is 5.23. The van der Waals surface area contributed by atoms with Crippen LogP contribution in [0.1, 0.15) is 6.42 Å². The fourth-order valence-corrected chi connectivity index (χ4v) is 1.96. The summed E-state index contributed by atoms with van der Waals surface area (Å²) in [4.78, 5) is 0. The van der Waals surface area contributed by atoms with Gasteiger partial charge < -0.3 is 15.2 Å². The molecule has 3 rings (SSSR count). The molecule has 0 spiro atoms. The first kappa shape index (κ1) is 8.73. The molecule has 0 aliphatic carbocycles. The number of para-hydroxylation sites is 1. The van der Waals surface area contributed by atoms with E-state index >= 15 is 0 Å². The van der Waals surface area contributed by atoms with Gasteiger partial charge in [-0.25, -0.2) is 0 Å². The lowest BCUT2D eigenvalue weighted by Crippen LogP contribution is -2.22. The molecular weight excluding hydrogens is 190 g/mol. The van der Waals surface area contributed by atoms with Crippen molar-refractivity contribution in [3.63, 3.8) is 0 Å². The lowest BCUT2D eigenvalue weighted by molar-refractivity contribution is 0.458. The molecule has 4 nitrogen and oxygen atoms in total. The predicted octanol–water partition coefficient (Wildman–Crippen LogP) is 1.60. The van der Waals surface area contributed by atoms with E-state index in [1.54, 1.807) is 0 Å². The molecule has 0 bridgehead atoms. The summed E-state index contributed by atoms with van der Waals surface area (Å²) in [6, 6.07) is 8.38. The maximum absolute atomic E-state index is 5.23. The molecule has 2 heterocycles. The van der Waals surface area contributed by atoms with Gasteiger partial charge in [-0.3, -0.25) is 0 Å². The lowest BCUT2D eigenvalue weighted by Gasteiger charge is -2.09. The summed E-state index contributed by atoms with van der Waals surface area (Å²) in [5.41, 5.74) is 0.839. The van der Waals surface area contributed by atoms with Crippen LogP contribution in [0, 0.1) is 0 Å². The Labute approximate surface area is 87.6 Å². The predicted molar refractivity (Wildman–Crippen MR) is 58.9 cm³/mol. The third-order valence-corrected chi connectivity index (χ3v) is 2.78. The highest BCUT2D eigenvalue weighted by molar-refractivity contribution is 5.87. The number of nitrogens with zero attached hydrogens (tertiary/aromatic N) is 1. The highest BCUT2D eigenvalue weighted by Gasteiger charge is 2.16. The quantitative estimate of drug-likeness (QED) is 0.778. The van der Waals surface area contributed by atoms with Crippen LogP contribution in [0.2, 0.25) is 0 Å². The highest BCUT2D eigenvalue weighted by Crippen LogP contribution is 2.23. The fraction of sp³-hybridized carbons (Fsp3) is 0.364. The minimum atomic E-state index is 0.471. The second kappa shape index (κ2) is 3.55. The summed E-state index contributed by atoms with van der Waals surface area (Å²) in [6.45, 7) is 2.08. The van der Waals surface area contributed by atoms with Gasteiger partial charge in [-0.1, -0.05) is 17.3 Å². The van der Waals surface area contributed by atoms with Crippen molar-refractivity contribution in [2.24, 2.45) is 0 Å². The number of hydrogen-bond donors (Lipinski definition) is 2. The van der Waals surface area contributed by atoms with Crippen LogP contribution in [0.3, 0.4) is 0 Å². The molecule has 2 aromatic rings. The molecule has 15 heavy (non-hydrogen) atoms. The number of aromatic nitrogens is 1. The van der Waals surface area contributed by atoms with Crippen LogP contribution in [-0.4, -0.2) is 24.3 Å². The van der Waals surface area contributed by atoms with E-state index < -0.39 is 0 Å². The maximum Gasteiger partial charge on any atom is 0.177 e. The second-order valence-corrected chi connectivity index (χ2v) is 3.86. The van der Waals surface area contributed by atoms with Crippen molar-refractivity contribution in [2.75, 3.05) is 18.4 Å². The molecule has 0 amide bonds. The Morgan fingerprint density at radius 1 is 1.40 bits per heavy atom. The SMILES string of the molecule is c1ccc2c(NC3CCNC3)noc2c1. The van der Waals surface area contributed by atoms with Gasteiger partial charge in [0.05, 0.1) is 5.39 Å². The van der Waals surface area contributed by atoms with Gasteiger partial charge in [0, 0.05) is 12.6 Å². The Balaban J connectivity index is 1.90.